The van der Waals surface area contributed by atoms with Gasteiger partial charge in [0.15, 0.2) is 5.78 Å². The first-order chi connectivity index (χ1) is 3.84. The van der Waals surface area contributed by atoms with Gasteiger partial charge in [0.1, 0.15) is 0 Å². The standard InChI is InChI=1S/C5H8ClNO/c6-1-5(8)4-2-7-3-4/h4,7H,1-3H2. The van der Waals surface area contributed by atoms with Gasteiger partial charge >= 0.3 is 0 Å². The number of carbonyl (C=O) groups excluding carboxylic acids is 1. The average Bonchev–Trinajstić information content (AvgIpc) is 1.62. The molecule has 1 N–H and O–H groups in total. The minimum atomic E-state index is 0.172. The summed E-state index contributed by atoms with van der Waals surface area (Å²) in [6.07, 6.45) is 0. The van der Waals surface area contributed by atoms with Crippen LogP contribution >= 0.6 is 11.6 Å². The number of nitrogens with one attached hydrogen (secondary N) is 1. The van der Waals surface area contributed by atoms with E-state index in [0.717, 1.165) is 13.1 Å². The van der Waals surface area contributed by atoms with Gasteiger partial charge in [-0.15, -0.1) is 11.6 Å². The predicted octanol–water partition coefficient (Wildman–Crippen LogP) is 0.0137. The fourth-order valence-corrected chi connectivity index (χ4v) is 0.844. The van der Waals surface area contributed by atoms with Crippen LogP contribution in [0.1, 0.15) is 0 Å². The fraction of sp³-hybridized carbons (Fsp3) is 0.800. The smallest absolute Gasteiger partial charge is 0.153 e. The topological polar surface area (TPSA) is 29.1 Å². The van der Waals surface area contributed by atoms with Crippen molar-refractivity contribution in [2.75, 3.05) is 19.0 Å². The first kappa shape index (κ1) is 6.05. The van der Waals surface area contributed by atoms with Crippen molar-refractivity contribution in [2.45, 2.75) is 0 Å². The molecule has 46 valence electrons. The summed E-state index contributed by atoms with van der Waals surface area (Å²) >= 11 is 5.28. The van der Waals surface area contributed by atoms with Crippen molar-refractivity contribution in [3.05, 3.63) is 0 Å². The minimum absolute atomic E-state index is 0.172. The molecule has 0 bridgehead atoms. The van der Waals surface area contributed by atoms with Crippen LogP contribution in [0.3, 0.4) is 0 Å². The maximum absolute atomic E-state index is 10.6. The van der Waals surface area contributed by atoms with E-state index in [4.69, 9.17) is 11.6 Å². The third kappa shape index (κ3) is 1.01. The second-order valence-electron chi connectivity index (χ2n) is 1.96. The molecule has 1 rings (SSSR count). The molecule has 1 aliphatic rings. The van der Waals surface area contributed by atoms with Crippen LogP contribution in [0.4, 0.5) is 0 Å². The van der Waals surface area contributed by atoms with Crippen LogP contribution in [-0.2, 0) is 4.79 Å². The Kier molecular flexibility index (Phi) is 1.86. The first-order valence-corrected chi connectivity index (χ1v) is 3.17. The Morgan fingerprint density at radius 2 is 2.38 bits per heavy atom. The molecule has 8 heavy (non-hydrogen) atoms. The lowest BCUT2D eigenvalue weighted by Gasteiger charge is -2.24. The number of halogens is 1. The first-order valence-electron chi connectivity index (χ1n) is 2.64. The van der Waals surface area contributed by atoms with Gasteiger partial charge in [0.2, 0.25) is 0 Å². The molecule has 1 saturated heterocycles. The van der Waals surface area contributed by atoms with Crippen LogP contribution in [0.5, 0.6) is 0 Å². The number of Topliss-reactive ketones (excluding diaryl/α,β-unsaturated/α-hetero) is 1. The van der Waals surface area contributed by atoms with E-state index in [1.807, 2.05) is 0 Å². The van der Waals surface area contributed by atoms with Crippen LogP contribution in [-0.4, -0.2) is 24.8 Å². The second-order valence-corrected chi connectivity index (χ2v) is 2.22. The molecule has 3 heteroatoms. The molecule has 0 aromatic carbocycles. The maximum atomic E-state index is 10.6. The molecule has 0 radical (unpaired) electrons. The third-order valence-corrected chi connectivity index (χ3v) is 1.63. The van der Waals surface area contributed by atoms with Crippen LogP contribution < -0.4 is 5.32 Å². The molecule has 0 aromatic heterocycles. The highest BCUT2D eigenvalue weighted by Crippen LogP contribution is 2.04. The van der Waals surface area contributed by atoms with Gasteiger partial charge in [-0.25, -0.2) is 0 Å². The Hall–Kier alpha value is -0.0800. The molecule has 1 fully saturated rings. The highest BCUT2D eigenvalue weighted by Gasteiger charge is 2.23. The fourth-order valence-electron chi connectivity index (χ4n) is 0.625. The van der Waals surface area contributed by atoms with Gasteiger partial charge in [0, 0.05) is 19.0 Å². The lowest BCUT2D eigenvalue weighted by Crippen LogP contribution is -2.46. The van der Waals surface area contributed by atoms with Crippen molar-refractivity contribution in [2.24, 2.45) is 5.92 Å². The van der Waals surface area contributed by atoms with E-state index in [1.54, 1.807) is 0 Å². The normalized spacial score (nSPS) is 20.1. The summed E-state index contributed by atoms with van der Waals surface area (Å²) in [6, 6.07) is 0. The van der Waals surface area contributed by atoms with Gasteiger partial charge in [-0.2, -0.15) is 0 Å². The Balaban J connectivity index is 2.24. The second kappa shape index (κ2) is 2.46. The largest absolute Gasteiger partial charge is 0.315 e. The summed E-state index contributed by atoms with van der Waals surface area (Å²) in [5, 5.41) is 3.00. The van der Waals surface area contributed by atoms with Crippen molar-refractivity contribution >= 4 is 17.4 Å². The summed E-state index contributed by atoms with van der Waals surface area (Å²) in [5.41, 5.74) is 0. The quantitative estimate of drug-likeness (QED) is 0.538. The van der Waals surface area contributed by atoms with Gasteiger partial charge in [-0.1, -0.05) is 0 Å². The molecule has 0 spiro atoms. The molecule has 0 saturated carbocycles. The van der Waals surface area contributed by atoms with E-state index in [-0.39, 0.29) is 17.6 Å². The van der Waals surface area contributed by atoms with E-state index in [0.29, 0.717) is 0 Å². The predicted molar refractivity (Wildman–Crippen MR) is 32.1 cm³/mol. The van der Waals surface area contributed by atoms with Crippen molar-refractivity contribution in [3.63, 3.8) is 0 Å². The monoisotopic (exact) mass is 133 g/mol. The van der Waals surface area contributed by atoms with E-state index >= 15 is 0 Å². The van der Waals surface area contributed by atoms with Gasteiger partial charge in [-0.3, -0.25) is 4.79 Å². The van der Waals surface area contributed by atoms with Crippen molar-refractivity contribution in [1.29, 1.82) is 0 Å². The number of ketones is 1. The maximum Gasteiger partial charge on any atom is 0.153 e. The molecule has 0 aliphatic carbocycles. The molecular formula is C5H8ClNO. The van der Waals surface area contributed by atoms with E-state index in [1.165, 1.54) is 0 Å². The summed E-state index contributed by atoms with van der Waals surface area (Å²) in [5.74, 6) is 0.560. The Morgan fingerprint density at radius 1 is 1.75 bits per heavy atom. The number of hydrogen-bond acceptors (Lipinski definition) is 2. The number of alkyl halides is 1. The van der Waals surface area contributed by atoms with Crippen LogP contribution in [0.15, 0.2) is 0 Å². The molecule has 1 aliphatic heterocycles. The Morgan fingerprint density at radius 3 is 2.50 bits per heavy atom. The number of carbonyl (C=O) groups is 1. The van der Waals surface area contributed by atoms with Crippen LogP contribution in [0, 0.1) is 5.92 Å². The zero-order chi connectivity index (χ0) is 5.98. The van der Waals surface area contributed by atoms with E-state index < -0.39 is 0 Å². The molecule has 0 amide bonds. The molecule has 1 heterocycles. The molecule has 0 aromatic rings. The van der Waals surface area contributed by atoms with Crippen molar-refractivity contribution in [1.82, 2.24) is 5.32 Å². The number of rotatable bonds is 2. The average molecular weight is 134 g/mol. The Labute approximate surface area is 53.2 Å². The lowest BCUT2D eigenvalue weighted by atomic mass is 10.00. The van der Waals surface area contributed by atoms with Crippen molar-refractivity contribution < 1.29 is 4.79 Å². The lowest BCUT2D eigenvalue weighted by molar-refractivity contribution is -0.121. The van der Waals surface area contributed by atoms with Gasteiger partial charge < -0.3 is 5.32 Å². The van der Waals surface area contributed by atoms with Gasteiger partial charge in [-0.05, 0) is 0 Å². The summed E-state index contributed by atoms with van der Waals surface area (Å²) in [7, 11) is 0. The zero-order valence-electron chi connectivity index (χ0n) is 4.48. The third-order valence-electron chi connectivity index (χ3n) is 1.37. The summed E-state index contributed by atoms with van der Waals surface area (Å²) in [4.78, 5) is 10.6. The summed E-state index contributed by atoms with van der Waals surface area (Å²) in [6.45, 7) is 1.65. The summed E-state index contributed by atoms with van der Waals surface area (Å²) < 4.78 is 0. The molecular weight excluding hydrogens is 126 g/mol. The minimum Gasteiger partial charge on any atom is -0.315 e. The highest BCUT2D eigenvalue weighted by atomic mass is 35.5. The van der Waals surface area contributed by atoms with Crippen LogP contribution in [0.25, 0.3) is 0 Å². The van der Waals surface area contributed by atoms with Crippen LogP contribution in [0.2, 0.25) is 0 Å². The van der Waals surface area contributed by atoms with Gasteiger partial charge in [0.05, 0.1) is 5.88 Å². The highest BCUT2D eigenvalue weighted by molar-refractivity contribution is 6.28. The van der Waals surface area contributed by atoms with Crippen molar-refractivity contribution in [3.8, 4) is 0 Å². The van der Waals surface area contributed by atoms with E-state index in [2.05, 4.69) is 5.32 Å². The molecule has 2 nitrogen and oxygen atoms in total. The Bertz CT molecular complexity index is 101. The zero-order valence-corrected chi connectivity index (χ0v) is 5.24. The SMILES string of the molecule is O=C(CCl)C1CNC1. The van der Waals surface area contributed by atoms with E-state index in [9.17, 15) is 4.79 Å². The number of hydrogen-bond donors (Lipinski definition) is 1. The molecule has 0 atom stereocenters. The molecule has 0 unspecified atom stereocenters. The van der Waals surface area contributed by atoms with Gasteiger partial charge in [0.25, 0.3) is 0 Å².